The molecule has 0 aliphatic carbocycles. The van der Waals surface area contributed by atoms with Gasteiger partial charge >= 0.3 is 0 Å². The molecule has 116 valence electrons. The highest BCUT2D eigenvalue weighted by molar-refractivity contribution is 5.92. The monoisotopic (exact) mass is 311 g/mol. The Morgan fingerprint density at radius 1 is 1.22 bits per heavy atom. The summed E-state index contributed by atoms with van der Waals surface area (Å²) in [6.45, 7) is 2.09. The number of primary amides is 1. The molecule has 0 fully saturated rings. The van der Waals surface area contributed by atoms with Crippen LogP contribution in [0.3, 0.4) is 0 Å². The van der Waals surface area contributed by atoms with E-state index in [0.717, 1.165) is 5.56 Å². The zero-order valence-corrected chi connectivity index (χ0v) is 12.4. The number of nitrogens with zero attached hydrogens (tertiary/aromatic N) is 4. The van der Waals surface area contributed by atoms with E-state index in [4.69, 9.17) is 5.73 Å². The number of carbonyl (C=O) groups is 1. The lowest BCUT2D eigenvalue weighted by molar-refractivity contribution is 0.100. The highest BCUT2D eigenvalue weighted by Crippen LogP contribution is 2.17. The predicted molar refractivity (Wildman–Crippen MR) is 82.0 cm³/mol. The van der Waals surface area contributed by atoms with Gasteiger partial charge in [0.25, 0.3) is 0 Å². The zero-order valence-electron chi connectivity index (χ0n) is 12.4. The van der Waals surface area contributed by atoms with Gasteiger partial charge in [0.2, 0.25) is 11.7 Å². The Morgan fingerprint density at radius 2 is 1.96 bits per heavy atom. The lowest BCUT2D eigenvalue weighted by Gasteiger charge is -2.01. The molecular formula is C16H14FN5O. The van der Waals surface area contributed by atoms with Gasteiger partial charge in [0.15, 0.2) is 0 Å². The fraction of sp³-hybridized carbons (Fsp3) is 0.125. The van der Waals surface area contributed by atoms with Gasteiger partial charge in [-0.3, -0.25) is 4.79 Å². The first-order chi connectivity index (χ1) is 11.0. The SMILES string of the molecule is Cc1cc(-c2nnn(Cc3ccc(C(N)=O)cc3)n2)ccc1F. The van der Waals surface area contributed by atoms with Crippen LogP contribution in [-0.2, 0) is 6.54 Å². The molecule has 0 aliphatic heterocycles. The van der Waals surface area contributed by atoms with Crippen molar-refractivity contribution >= 4 is 5.91 Å². The number of aromatic nitrogens is 4. The van der Waals surface area contributed by atoms with E-state index < -0.39 is 5.91 Å². The Hall–Kier alpha value is -3.09. The molecule has 0 saturated heterocycles. The van der Waals surface area contributed by atoms with E-state index in [-0.39, 0.29) is 5.82 Å². The average Bonchev–Trinajstić information content (AvgIpc) is 2.99. The Labute approximate surface area is 131 Å². The van der Waals surface area contributed by atoms with Crippen LogP contribution in [0.2, 0.25) is 0 Å². The lowest BCUT2D eigenvalue weighted by Crippen LogP contribution is -2.11. The summed E-state index contributed by atoms with van der Waals surface area (Å²) in [5, 5.41) is 12.3. The van der Waals surface area contributed by atoms with Crippen molar-refractivity contribution in [3.63, 3.8) is 0 Å². The normalized spacial score (nSPS) is 10.7. The molecule has 0 radical (unpaired) electrons. The number of tetrazole rings is 1. The highest BCUT2D eigenvalue weighted by atomic mass is 19.1. The second-order valence-electron chi connectivity index (χ2n) is 5.17. The van der Waals surface area contributed by atoms with Crippen LogP contribution in [0.25, 0.3) is 11.4 Å². The van der Waals surface area contributed by atoms with E-state index in [2.05, 4.69) is 15.4 Å². The summed E-state index contributed by atoms with van der Waals surface area (Å²) in [7, 11) is 0. The minimum absolute atomic E-state index is 0.268. The molecular weight excluding hydrogens is 297 g/mol. The van der Waals surface area contributed by atoms with Crippen LogP contribution in [0.5, 0.6) is 0 Å². The summed E-state index contributed by atoms with van der Waals surface area (Å²) in [6.07, 6.45) is 0. The third kappa shape index (κ3) is 3.23. The minimum Gasteiger partial charge on any atom is -0.366 e. The van der Waals surface area contributed by atoms with Crippen molar-refractivity contribution in [2.45, 2.75) is 13.5 Å². The second-order valence-corrected chi connectivity index (χ2v) is 5.17. The van der Waals surface area contributed by atoms with Crippen molar-refractivity contribution in [1.82, 2.24) is 20.2 Å². The number of hydrogen-bond donors (Lipinski definition) is 1. The van der Waals surface area contributed by atoms with Gasteiger partial charge in [-0.15, -0.1) is 10.2 Å². The molecule has 2 N–H and O–H groups in total. The van der Waals surface area contributed by atoms with E-state index in [1.54, 1.807) is 43.3 Å². The van der Waals surface area contributed by atoms with Gasteiger partial charge < -0.3 is 5.73 Å². The summed E-state index contributed by atoms with van der Waals surface area (Å²) in [4.78, 5) is 12.5. The molecule has 0 atom stereocenters. The fourth-order valence-corrected chi connectivity index (χ4v) is 2.15. The van der Waals surface area contributed by atoms with Crippen molar-refractivity contribution in [3.05, 3.63) is 65.0 Å². The van der Waals surface area contributed by atoms with Gasteiger partial charge in [0, 0.05) is 11.1 Å². The van der Waals surface area contributed by atoms with Gasteiger partial charge in [-0.1, -0.05) is 12.1 Å². The quantitative estimate of drug-likeness (QED) is 0.797. The first kappa shape index (κ1) is 14.8. The van der Waals surface area contributed by atoms with Crippen LogP contribution in [0.1, 0.15) is 21.5 Å². The number of amides is 1. The number of hydrogen-bond acceptors (Lipinski definition) is 4. The lowest BCUT2D eigenvalue weighted by atomic mass is 10.1. The molecule has 1 amide bonds. The summed E-state index contributed by atoms with van der Waals surface area (Å²) in [6, 6.07) is 11.5. The smallest absolute Gasteiger partial charge is 0.248 e. The third-order valence-corrected chi connectivity index (χ3v) is 3.43. The molecule has 0 spiro atoms. The van der Waals surface area contributed by atoms with Crippen LogP contribution in [0, 0.1) is 12.7 Å². The number of aryl methyl sites for hydroxylation is 1. The highest BCUT2D eigenvalue weighted by Gasteiger charge is 2.08. The molecule has 1 aromatic heterocycles. The van der Waals surface area contributed by atoms with Crippen LogP contribution in [0.15, 0.2) is 42.5 Å². The summed E-state index contributed by atoms with van der Waals surface area (Å²) < 4.78 is 13.3. The van der Waals surface area contributed by atoms with Crippen molar-refractivity contribution in [3.8, 4) is 11.4 Å². The molecule has 0 aliphatic rings. The van der Waals surface area contributed by atoms with Gasteiger partial charge in [-0.05, 0) is 53.6 Å². The number of rotatable bonds is 4. The molecule has 0 saturated carbocycles. The number of benzene rings is 2. The first-order valence-corrected chi connectivity index (χ1v) is 6.96. The molecule has 23 heavy (non-hydrogen) atoms. The average molecular weight is 311 g/mol. The second kappa shape index (κ2) is 5.96. The maximum absolute atomic E-state index is 13.3. The predicted octanol–water partition coefficient (Wildman–Crippen LogP) is 1.93. The van der Waals surface area contributed by atoms with Crippen molar-refractivity contribution in [1.29, 1.82) is 0 Å². The number of halogens is 1. The summed E-state index contributed by atoms with van der Waals surface area (Å²) in [5.41, 5.74) is 7.80. The largest absolute Gasteiger partial charge is 0.366 e. The van der Waals surface area contributed by atoms with Crippen LogP contribution in [-0.4, -0.2) is 26.1 Å². The molecule has 0 unspecified atom stereocenters. The Morgan fingerprint density at radius 3 is 2.61 bits per heavy atom. The molecule has 3 aromatic rings. The molecule has 7 heteroatoms. The minimum atomic E-state index is -0.468. The summed E-state index contributed by atoms with van der Waals surface area (Å²) in [5.74, 6) is -0.304. The van der Waals surface area contributed by atoms with E-state index >= 15 is 0 Å². The maximum atomic E-state index is 13.3. The van der Waals surface area contributed by atoms with Gasteiger partial charge in [0.1, 0.15) is 5.82 Å². The number of nitrogens with two attached hydrogens (primary N) is 1. The Kier molecular flexibility index (Phi) is 3.84. The van der Waals surface area contributed by atoms with Crippen molar-refractivity contribution < 1.29 is 9.18 Å². The summed E-state index contributed by atoms with van der Waals surface area (Å²) >= 11 is 0. The van der Waals surface area contributed by atoms with E-state index in [1.165, 1.54) is 10.9 Å². The molecule has 6 nitrogen and oxygen atoms in total. The maximum Gasteiger partial charge on any atom is 0.248 e. The van der Waals surface area contributed by atoms with E-state index in [1.807, 2.05) is 0 Å². The van der Waals surface area contributed by atoms with Crippen LogP contribution < -0.4 is 5.73 Å². The van der Waals surface area contributed by atoms with E-state index in [0.29, 0.717) is 29.1 Å². The van der Waals surface area contributed by atoms with E-state index in [9.17, 15) is 9.18 Å². The van der Waals surface area contributed by atoms with Gasteiger partial charge in [-0.2, -0.15) is 4.80 Å². The number of carbonyl (C=O) groups excluding carboxylic acids is 1. The zero-order chi connectivity index (χ0) is 16.4. The van der Waals surface area contributed by atoms with Crippen LogP contribution >= 0.6 is 0 Å². The standard InChI is InChI=1S/C16H14FN5O/c1-10-8-13(6-7-14(10)17)16-19-21-22(20-16)9-11-2-4-12(5-3-11)15(18)23/h2-8H,9H2,1H3,(H2,18,23). The topological polar surface area (TPSA) is 86.7 Å². The molecule has 3 rings (SSSR count). The first-order valence-electron chi connectivity index (χ1n) is 6.96. The molecule has 0 bridgehead atoms. The Bertz CT molecular complexity index is 857. The third-order valence-electron chi connectivity index (χ3n) is 3.43. The fourth-order valence-electron chi connectivity index (χ4n) is 2.15. The van der Waals surface area contributed by atoms with Gasteiger partial charge in [-0.25, -0.2) is 4.39 Å². The van der Waals surface area contributed by atoms with Crippen LogP contribution in [0.4, 0.5) is 4.39 Å². The Balaban J connectivity index is 1.79. The van der Waals surface area contributed by atoms with Crippen molar-refractivity contribution in [2.75, 3.05) is 0 Å². The van der Waals surface area contributed by atoms with Gasteiger partial charge in [0.05, 0.1) is 6.54 Å². The molecule has 2 aromatic carbocycles. The molecule has 1 heterocycles. The van der Waals surface area contributed by atoms with Crippen molar-refractivity contribution in [2.24, 2.45) is 5.73 Å².